The number of nitrogens with one attached hydrogen (secondary N) is 1. The molecule has 2 aromatic rings. The number of hydrogen-bond donors (Lipinski definition) is 2. The van der Waals surface area contributed by atoms with Gasteiger partial charge >= 0.3 is 5.97 Å². The van der Waals surface area contributed by atoms with E-state index in [9.17, 15) is 9.59 Å². The number of carbonyl (C=O) groups is 2. The molecular weight excluding hydrogens is 320 g/mol. The van der Waals surface area contributed by atoms with Crippen LogP contribution in [0.4, 0.5) is 0 Å². The van der Waals surface area contributed by atoms with Gasteiger partial charge in [-0.25, -0.2) is 4.98 Å². The van der Waals surface area contributed by atoms with Crippen LogP contribution in [0.3, 0.4) is 0 Å². The fraction of sp³-hybridized carbons (Fsp3) is 0.389. The number of ether oxygens (including phenoxy) is 1. The monoisotopic (exact) mass is 344 g/mol. The van der Waals surface area contributed by atoms with Crippen LogP contribution in [0.5, 0.6) is 0 Å². The number of esters is 1. The highest BCUT2D eigenvalue weighted by Gasteiger charge is 2.19. The molecule has 7 heteroatoms. The topological polar surface area (TPSA) is 99.2 Å². The highest BCUT2D eigenvalue weighted by atomic mass is 16.5. The third-order valence-electron chi connectivity index (χ3n) is 3.85. The lowest BCUT2D eigenvalue weighted by Gasteiger charge is -2.14. The molecule has 1 heterocycles. The summed E-state index contributed by atoms with van der Waals surface area (Å²) in [6, 6.07) is 9.32. The van der Waals surface area contributed by atoms with Crippen LogP contribution in [0, 0.1) is 5.92 Å². The third kappa shape index (κ3) is 5.72. The lowest BCUT2D eigenvalue weighted by Crippen LogP contribution is -2.44. The van der Waals surface area contributed by atoms with Gasteiger partial charge in [0, 0.05) is 25.7 Å². The molecule has 0 radical (unpaired) electrons. The highest BCUT2D eigenvalue weighted by molar-refractivity contribution is 5.82. The van der Waals surface area contributed by atoms with Gasteiger partial charge < -0.3 is 20.4 Å². The summed E-state index contributed by atoms with van der Waals surface area (Å²) in [5.74, 6) is -1.09. The average Bonchev–Trinajstić information content (AvgIpc) is 3.06. The van der Waals surface area contributed by atoms with Gasteiger partial charge in [-0.2, -0.15) is 0 Å². The maximum atomic E-state index is 12.0. The highest BCUT2D eigenvalue weighted by Crippen LogP contribution is 2.05. The molecule has 2 rings (SSSR count). The Hall–Kier alpha value is -2.67. The minimum Gasteiger partial charge on any atom is -0.469 e. The number of imidazole rings is 1. The van der Waals surface area contributed by atoms with E-state index in [0.717, 1.165) is 5.69 Å². The fourth-order valence-electron chi connectivity index (χ4n) is 2.38. The Balaban J connectivity index is 1.83. The normalized spacial score (nSPS) is 13.1. The summed E-state index contributed by atoms with van der Waals surface area (Å²) in [7, 11) is 1.32. The molecule has 0 aliphatic carbocycles. The van der Waals surface area contributed by atoms with Gasteiger partial charge in [0.05, 0.1) is 31.1 Å². The van der Waals surface area contributed by atoms with E-state index >= 15 is 0 Å². The van der Waals surface area contributed by atoms with E-state index in [1.165, 1.54) is 12.7 Å². The van der Waals surface area contributed by atoms with Crippen molar-refractivity contribution in [2.45, 2.75) is 25.9 Å². The molecule has 0 fully saturated rings. The predicted octanol–water partition coefficient (Wildman–Crippen LogP) is 0.727. The quantitative estimate of drug-likeness (QED) is 0.688. The number of amides is 1. The minimum atomic E-state index is -0.718. The number of nitrogens with zero attached hydrogens (tertiary/aromatic N) is 2. The molecule has 0 saturated heterocycles. The number of benzene rings is 1. The Morgan fingerprint density at radius 3 is 2.72 bits per heavy atom. The molecule has 2 atom stereocenters. The first-order valence-corrected chi connectivity index (χ1v) is 8.15. The van der Waals surface area contributed by atoms with Crippen LogP contribution in [0.15, 0.2) is 42.9 Å². The Morgan fingerprint density at radius 2 is 2.04 bits per heavy atom. The molecule has 0 spiro atoms. The SMILES string of the molecule is COC(=O)C(C)CNC(=O)[C@@H](N)Cc1cn(Cc2ccccc2)cn1. The molecule has 0 saturated carbocycles. The molecular formula is C18H24N4O3. The van der Waals surface area contributed by atoms with E-state index in [-0.39, 0.29) is 18.4 Å². The lowest BCUT2D eigenvalue weighted by molar-refractivity contribution is -0.144. The summed E-state index contributed by atoms with van der Waals surface area (Å²) in [6.45, 7) is 2.59. The summed E-state index contributed by atoms with van der Waals surface area (Å²) < 4.78 is 6.57. The largest absolute Gasteiger partial charge is 0.469 e. The minimum absolute atomic E-state index is 0.196. The zero-order chi connectivity index (χ0) is 18.2. The maximum absolute atomic E-state index is 12.0. The van der Waals surface area contributed by atoms with E-state index < -0.39 is 12.0 Å². The number of carbonyl (C=O) groups excluding carboxylic acids is 2. The summed E-state index contributed by atoms with van der Waals surface area (Å²) in [5.41, 5.74) is 7.85. The van der Waals surface area contributed by atoms with Crippen molar-refractivity contribution in [3.05, 3.63) is 54.1 Å². The zero-order valence-electron chi connectivity index (χ0n) is 14.5. The van der Waals surface area contributed by atoms with Gasteiger partial charge in [-0.15, -0.1) is 0 Å². The van der Waals surface area contributed by atoms with Crippen LogP contribution in [0.1, 0.15) is 18.2 Å². The Morgan fingerprint density at radius 1 is 1.32 bits per heavy atom. The maximum Gasteiger partial charge on any atom is 0.310 e. The summed E-state index contributed by atoms with van der Waals surface area (Å²) in [4.78, 5) is 27.7. The molecule has 1 aromatic heterocycles. The van der Waals surface area contributed by atoms with Crippen LogP contribution in [-0.2, 0) is 27.3 Å². The van der Waals surface area contributed by atoms with Gasteiger partial charge in [0.25, 0.3) is 0 Å². The number of aromatic nitrogens is 2. The van der Waals surface area contributed by atoms with Crippen LogP contribution in [0.2, 0.25) is 0 Å². The molecule has 7 nitrogen and oxygen atoms in total. The molecule has 1 aromatic carbocycles. The van der Waals surface area contributed by atoms with E-state index in [2.05, 4.69) is 15.0 Å². The molecule has 0 aliphatic rings. The summed E-state index contributed by atoms with van der Waals surface area (Å²) in [6.07, 6.45) is 3.95. The summed E-state index contributed by atoms with van der Waals surface area (Å²) >= 11 is 0. The molecule has 1 unspecified atom stereocenters. The predicted molar refractivity (Wildman–Crippen MR) is 93.6 cm³/mol. The number of nitrogens with two attached hydrogens (primary N) is 1. The molecule has 25 heavy (non-hydrogen) atoms. The Bertz CT molecular complexity index is 699. The first-order chi connectivity index (χ1) is 12.0. The van der Waals surface area contributed by atoms with Crippen LogP contribution >= 0.6 is 0 Å². The van der Waals surface area contributed by atoms with Gasteiger partial charge in [-0.3, -0.25) is 9.59 Å². The van der Waals surface area contributed by atoms with E-state index in [1.807, 2.05) is 41.1 Å². The van der Waals surface area contributed by atoms with E-state index in [1.54, 1.807) is 13.3 Å². The fourth-order valence-corrected chi connectivity index (χ4v) is 2.38. The van der Waals surface area contributed by atoms with Gasteiger partial charge in [0.15, 0.2) is 0 Å². The van der Waals surface area contributed by atoms with Gasteiger partial charge in [0.1, 0.15) is 0 Å². The van der Waals surface area contributed by atoms with Crippen molar-refractivity contribution < 1.29 is 14.3 Å². The van der Waals surface area contributed by atoms with Crippen molar-refractivity contribution in [2.75, 3.05) is 13.7 Å². The van der Waals surface area contributed by atoms with Gasteiger partial charge in [-0.1, -0.05) is 37.3 Å². The van der Waals surface area contributed by atoms with Crippen LogP contribution in [0.25, 0.3) is 0 Å². The summed E-state index contributed by atoms with van der Waals surface area (Å²) in [5, 5.41) is 2.66. The molecule has 1 amide bonds. The number of hydrogen-bond acceptors (Lipinski definition) is 5. The molecule has 134 valence electrons. The van der Waals surface area contributed by atoms with Gasteiger partial charge in [-0.05, 0) is 5.56 Å². The van der Waals surface area contributed by atoms with Crippen molar-refractivity contribution in [3.63, 3.8) is 0 Å². The first kappa shape index (κ1) is 18.7. The van der Waals surface area contributed by atoms with Crippen molar-refractivity contribution in [2.24, 2.45) is 11.7 Å². The van der Waals surface area contributed by atoms with Crippen molar-refractivity contribution >= 4 is 11.9 Å². The average molecular weight is 344 g/mol. The Kier molecular flexibility index (Phi) is 6.71. The first-order valence-electron chi connectivity index (χ1n) is 8.15. The molecule has 3 N–H and O–H groups in total. The van der Waals surface area contributed by atoms with Crippen LogP contribution in [-0.4, -0.2) is 41.1 Å². The van der Waals surface area contributed by atoms with Crippen LogP contribution < -0.4 is 11.1 Å². The number of rotatable bonds is 8. The lowest BCUT2D eigenvalue weighted by atomic mass is 10.1. The second-order valence-corrected chi connectivity index (χ2v) is 6.00. The second-order valence-electron chi connectivity index (χ2n) is 6.00. The number of methoxy groups -OCH3 is 1. The Labute approximate surface area is 147 Å². The second kappa shape index (κ2) is 8.98. The zero-order valence-corrected chi connectivity index (χ0v) is 14.5. The van der Waals surface area contributed by atoms with Crippen molar-refractivity contribution in [1.82, 2.24) is 14.9 Å². The standard InChI is InChI=1S/C18H24N4O3/c1-13(18(24)25-2)9-20-17(23)16(19)8-15-11-22(12-21-15)10-14-6-4-3-5-7-14/h3-7,11-13,16H,8-10,19H2,1-2H3,(H,20,23)/t13?,16-/m0/s1. The van der Waals surface area contributed by atoms with Gasteiger partial charge in [0.2, 0.25) is 5.91 Å². The third-order valence-corrected chi connectivity index (χ3v) is 3.85. The van der Waals surface area contributed by atoms with E-state index in [4.69, 9.17) is 5.73 Å². The van der Waals surface area contributed by atoms with Crippen molar-refractivity contribution in [3.8, 4) is 0 Å². The van der Waals surface area contributed by atoms with Crippen molar-refractivity contribution in [1.29, 1.82) is 0 Å². The molecule has 0 aliphatic heterocycles. The smallest absolute Gasteiger partial charge is 0.310 e. The molecule has 0 bridgehead atoms. The van der Waals surface area contributed by atoms with E-state index in [0.29, 0.717) is 13.0 Å².